The topological polar surface area (TPSA) is 30.0 Å². The highest BCUT2D eigenvalue weighted by atomic mass is 16.1. The van der Waals surface area contributed by atoms with Gasteiger partial charge in [0.1, 0.15) is 0 Å². The van der Waals surface area contributed by atoms with Gasteiger partial charge in [-0.1, -0.05) is 136 Å². The van der Waals surface area contributed by atoms with Crippen LogP contribution in [0.2, 0.25) is 6.32 Å². The Labute approximate surface area is 324 Å². The van der Waals surface area contributed by atoms with Crippen LogP contribution in [0.3, 0.4) is 0 Å². The van der Waals surface area contributed by atoms with Gasteiger partial charge < -0.3 is 19.6 Å². The summed E-state index contributed by atoms with van der Waals surface area (Å²) >= 11 is 0. The van der Waals surface area contributed by atoms with Crippen LogP contribution in [0, 0.1) is 0 Å². The highest BCUT2D eigenvalue weighted by molar-refractivity contribution is 6.53. The highest BCUT2D eigenvalue weighted by Crippen LogP contribution is 2.26. The second kappa shape index (κ2) is 25.0. The van der Waals surface area contributed by atoms with E-state index in [4.69, 9.17) is 0 Å². The smallest absolute Gasteiger partial charge is 0.185 e. The van der Waals surface area contributed by atoms with Crippen molar-refractivity contribution in [1.29, 1.82) is 0 Å². The van der Waals surface area contributed by atoms with Crippen molar-refractivity contribution in [3.05, 3.63) is 125 Å². The van der Waals surface area contributed by atoms with Crippen molar-refractivity contribution in [2.24, 2.45) is 0 Å². The van der Waals surface area contributed by atoms with Crippen molar-refractivity contribution in [2.75, 3.05) is 77.3 Å². The van der Waals surface area contributed by atoms with Gasteiger partial charge >= 0.3 is 0 Å². The summed E-state index contributed by atoms with van der Waals surface area (Å²) in [6.45, 7) is 13.1. The van der Waals surface area contributed by atoms with Crippen LogP contribution in [-0.2, 0) is 4.79 Å². The molecule has 53 heavy (non-hydrogen) atoms. The molecule has 3 aromatic rings. The van der Waals surface area contributed by atoms with Gasteiger partial charge in [-0.2, -0.15) is 0 Å². The Morgan fingerprint density at radius 2 is 1.04 bits per heavy atom. The zero-order valence-corrected chi connectivity index (χ0v) is 33.9. The lowest BCUT2D eigenvalue weighted by atomic mass is 9.66. The Bertz CT molecular complexity index is 1480. The summed E-state index contributed by atoms with van der Waals surface area (Å²) in [5.41, 5.74) is 7.86. The van der Waals surface area contributed by atoms with Gasteiger partial charge in [-0.25, -0.2) is 0 Å². The molecule has 0 atom stereocenters. The summed E-state index contributed by atoms with van der Waals surface area (Å²) in [5.74, 6) is 0.167. The van der Waals surface area contributed by atoms with E-state index >= 15 is 0 Å². The standard InChI is InChI=1S/C37H52N4O.C10H14B/c1-7-38(3)27-11-29-40(5)35-23-17-31(18-24-35)13-9-15-33-21-22-34(37(33)42)16-10-14-32-19-25-36(26-20-32)41(6)30-12-28-39(4)8-2;1-2-3-9-11-10-7-5-4-6-8-10/h9-10,13-20,23-26H,7-8,11-12,21-22,27-30H2,1-6H3;4-8H,2-3,9H2,1H3. The summed E-state index contributed by atoms with van der Waals surface area (Å²) in [4.78, 5) is 22.2. The molecule has 283 valence electrons. The average Bonchev–Trinajstić information content (AvgIpc) is 3.53. The van der Waals surface area contributed by atoms with Crippen LogP contribution in [0.25, 0.3) is 12.2 Å². The van der Waals surface area contributed by atoms with Crippen LogP contribution in [0.15, 0.2) is 114 Å². The minimum atomic E-state index is 0.167. The van der Waals surface area contributed by atoms with Crippen molar-refractivity contribution in [3.8, 4) is 0 Å². The van der Waals surface area contributed by atoms with E-state index in [0.29, 0.717) is 0 Å². The Balaban J connectivity index is 0.000000586. The number of anilines is 2. The van der Waals surface area contributed by atoms with E-state index in [1.54, 1.807) is 0 Å². The second-order valence-electron chi connectivity index (χ2n) is 14.2. The van der Waals surface area contributed by atoms with E-state index in [1.807, 2.05) is 24.3 Å². The van der Waals surface area contributed by atoms with Crippen molar-refractivity contribution >= 4 is 42.1 Å². The molecule has 0 saturated heterocycles. The molecule has 0 aliphatic heterocycles. The van der Waals surface area contributed by atoms with E-state index in [2.05, 4.69) is 167 Å². The van der Waals surface area contributed by atoms with Gasteiger partial charge in [-0.15, -0.1) is 0 Å². The van der Waals surface area contributed by atoms with Crippen molar-refractivity contribution in [1.82, 2.24) is 9.80 Å². The van der Waals surface area contributed by atoms with Gasteiger partial charge in [0.2, 0.25) is 0 Å². The number of hydrogen-bond donors (Lipinski definition) is 0. The number of rotatable bonds is 20. The first-order valence-corrected chi connectivity index (χ1v) is 19.9. The van der Waals surface area contributed by atoms with Crippen molar-refractivity contribution in [2.45, 2.75) is 65.6 Å². The van der Waals surface area contributed by atoms with Gasteiger partial charge in [0.15, 0.2) is 13.1 Å². The summed E-state index contributed by atoms with van der Waals surface area (Å²) in [6.07, 6.45) is 19.8. The van der Waals surface area contributed by atoms with Crippen LogP contribution >= 0.6 is 0 Å². The fourth-order valence-electron chi connectivity index (χ4n) is 6.04. The van der Waals surface area contributed by atoms with E-state index in [-0.39, 0.29) is 5.78 Å². The van der Waals surface area contributed by atoms with E-state index < -0.39 is 0 Å². The molecule has 0 unspecified atom stereocenters. The molecule has 3 aromatic carbocycles. The van der Waals surface area contributed by atoms with E-state index in [1.165, 1.54) is 36.0 Å². The summed E-state index contributed by atoms with van der Waals surface area (Å²) < 4.78 is 0. The van der Waals surface area contributed by atoms with E-state index in [9.17, 15) is 4.79 Å². The Kier molecular flexibility index (Phi) is 20.4. The molecule has 0 amide bonds. The van der Waals surface area contributed by atoms with E-state index in [0.717, 1.165) is 87.2 Å². The Morgan fingerprint density at radius 3 is 1.45 bits per heavy atom. The number of carbonyl (C=O) groups excluding carboxylic acids is 1. The normalized spacial score (nSPS) is 14.5. The number of nitrogens with zero attached hydrogens (tertiary/aromatic N) is 4. The Morgan fingerprint density at radius 1 is 0.585 bits per heavy atom. The third-order valence-electron chi connectivity index (χ3n) is 9.97. The lowest BCUT2D eigenvalue weighted by molar-refractivity contribution is -0.111. The molecule has 0 bridgehead atoms. The average molecular weight is 714 g/mol. The summed E-state index contributed by atoms with van der Waals surface area (Å²) in [6, 6.07) is 27.8. The number of hydrogen-bond acceptors (Lipinski definition) is 5. The van der Waals surface area contributed by atoms with Gasteiger partial charge in [0.25, 0.3) is 0 Å². The predicted molar refractivity (Wildman–Crippen MR) is 235 cm³/mol. The monoisotopic (exact) mass is 714 g/mol. The highest BCUT2D eigenvalue weighted by Gasteiger charge is 2.21. The fraction of sp³-hybridized carbons (Fsp3) is 0.426. The molecule has 1 saturated carbocycles. The molecule has 1 aliphatic rings. The number of unbranched alkanes of at least 4 members (excludes halogenated alkanes) is 1. The third kappa shape index (κ3) is 16.6. The minimum absolute atomic E-state index is 0.167. The molecule has 1 radical (unpaired) electrons. The first-order valence-electron chi connectivity index (χ1n) is 19.9. The number of carbonyl (C=O) groups is 1. The van der Waals surface area contributed by atoms with Crippen LogP contribution in [0.1, 0.15) is 70.4 Å². The lowest BCUT2D eigenvalue weighted by Gasteiger charge is -2.21. The maximum Gasteiger partial charge on any atom is 0.185 e. The molecule has 4 rings (SSSR count). The first kappa shape index (κ1) is 43.3. The van der Waals surface area contributed by atoms with Gasteiger partial charge in [-0.3, -0.25) is 4.79 Å². The molecule has 0 N–H and O–H groups in total. The molecule has 0 aromatic heterocycles. The number of Topliss-reactive ketones (excluding diaryl/α,β-unsaturated/α-hetero) is 1. The first-order chi connectivity index (χ1) is 25.7. The maximum absolute atomic E-state index is 12.9. The number of benzene rings is 3. The van der Waals surface area contributed by atoms with Crippen LogP contribution in [-0.4, -0.2) is 90.3 Å². The molecule has 1 aliphatic carbocycles. The van der Waals surface area contributed by atoms with Gasteiger partial charge in [-0.05, 0) is 101 Å². The predicted octanol–water partition coefficient (Wildman–Crippen LogP) is 9.42. The van der Waals surface area contributed by atoms with Crippen molar-refractivity contribution < 1.29 is 4.79 Å². The molecule has 0 spiro atoms. The zero-order chi connectivity index (χ0) is 38.3. The minimum Gasteiger partial charge on any atom is -0.375 e. The van der Waals surface area contributed by atoms with Crippen LogP contribution in [0.4, 0.5) is 11.4 Å². The molecular weight excluding hydrogens is 647 g/mol. The maximum atomic E-state index is 12.9. The third-order valence-corrected chi connectivity index (χ3v) is 9.97. The Hall–Kier alpha value is -4.13. The molecule has 5 nitrogen and oxygen atoms in total. The molecule has 0 heterocycles. The molecule has 6 heteroatoms. The van der Waals surface area contributed by atoms with Gasteiger partial charge in [0, 0.05) is 49.7 Å². The fourth-order valence-corrected chi connectivity index (χ4v) is 6.04. The van der Waals surface area contributed by atoms with Gasteiger partial charge in [0.05, 0.1) is 0 Å². The summed E-state index contributed by atoms with van der Waals surface area (Å²) in [5, 5.41) is 0. The lowest BCUT2D eigenvalue weighted by Crippen LogP contribution is -2.25. The van der Waals surface area contributed by atoms with Crippen molar-refractivity contribution in [3.63, 3.8) is 0 Å². The number of ketones is 1. The SMILES string of the molecule is CCCC[B]c1ccccc1.CCN(C)CCCN(C)c1ccc(C=CC=C2CCC(=CC=Cc3ccc(N(C)CCCN(C)CC)cc3)C2=O)cc1. The molecule has 1 fully saturated rings. The van der Waals surface area contributed by atoms with Crippen LogP contribution in [0.5, 0.6) is 0 Å². The summed E-state index contributed by atoms with van der Waals surface area (Å²) in [7, 11) is 10.9. The largest absolute Gasteiger partial charge is 0.375 e. The quantitative estimate of drug-likeness (QED) is 0.0662. The van der Waals surface area contributed by atoms with Crippen LogP contribution < -0.4 is 15.3 Å². The number of allylic oxidation sites excluding steroid dienone is 6. The molecular formula is C47H66BN4O. The zero-order valence-electron chi connectivity index (χ0n) is 33.9. The second-order valence-corrected chi connectivity index (χ2v) is 14.2.